The second-order valence-electron chi connectivity index (χ2n) is 6.89. The Morgan fingerprint density at radius 1 is 0.897 bits per heavy atom. The van der Waals surface area contributed by atoms with Crippen molar-refractivity contribution in [2.45, 2.75) is 38.5 Å². The van der Waals surface area contributed by atoms with Crippen molar-refractivity contribution in [3.05, 3.63) is 65.2 Å². The quantitative estimate of drug-likeness (QED) is 0.457. The van der Waals surface area contributed by atoms with Gasteiger partial charge in [0.1, 0.15) is 0 Å². The average Bonchev–Trinajstić information content (AvgIpc) is 2.72. The van der Waals surface area contributed by atoms with Crippen LogP contribution in [0.15, 0.2) is 53.4 Å². The molecule has 0 amide bonds. The Hall–Kier alpha value is -2.51. The van der Waals surface area contributed by atoms with E-state index in [1.54, 1.807) is 26.0 Å². The van der Waals surface area contributed by atoms with Gasteiger partial charge in [0.25, 0.3) is 0 Å². The number of esters is 1. The molecule has 0 radical (unpaired) electrons. The molecule has 0 unspecified atom stereocenters. The number of Topliss-reactive ketones (excluding diaryl/α,β-unsaturated/α-hetero) is 1. The van der Waals surface area contributed by atoms with Gasteiger partial charge >= 0.3 is 5.97 Å². The number of hydrogen-bond acceptors (Lipinski definition) is 5. The summed E-state index contributed by atoms with van der Waals surface area (Å²) in [4.78, 5) is 24.5. The number of rotatable bonds is 9. The van der Waals surface area contributed by atoms with E-state index in [-0.39, 0.29) is 22.8 Å². The van der Waals surface area contributed by atoms with Crippen molar-refractivity contribution < 1.29 is 22.7 Å². The third-order valence-electron chi connectivity index (χ3n) is 4.67. The first-order valence-electron chi connectivity index (χ1n) is 9.61. The molecular formula is C22H27NO5S. The highest BCUT2D eigenvalue weighted by Gasteiger charge is 2.22. The Balaban J connectivity index is 2.01. The number of carbonyl (C=O) groups excluding carboxylic acids is 2. The van der Waals surface area contributed by atoms with E-state index in [2.05, 4.69) is 13.8 Å². The molecule has 0 saturated heterocycles. The Morgan fingerprint density at radius 3 is 1.90 bits per heavy atom. The molecule has 0 saturated carbocycles. The highest BCUT2D eigenvalue weighted by Crippen LogP contribution is 2.17. The lowest BCUT2D eigenvalue weighted by molar-refractivity contribution is 0.0474. The molecule has 7 heteroatoms. The summed E-state index contributed by atoms with van der Waals surface area (Å²) in [6, 6.07) is 12.7. The maximum Gasteiger partial charge on any atom is 0.338 e. The maximum absolute atomic E-state index is 12.5. The molecule has 29 heavy (non-hydrogen) atoms. The van der Waals surface area contributed by atoms with Gasteiger partial charge in [-0.25, -0.2) is 13.2 Å². The summed E-state index contributed by atoms with van der Waals surface area (Å²) in [5, 5.41) is 0. The molecule has 2 aromatic rings. The van der Waals surface area contributed by atoms with E-state index in [0.29, 0.717) is 24.6 Å². The van der Waals surface area contributed by atoms with Crippen LogP contribution in [-0.2, 0) is 14.8 Å². The maximum atomic E-state index is 12.5. The van der Waals surface area contributed by atoms with E-state index < -0.39 is 16.0 Å². The molecular weight excluding hydrogens is 390 g/mol. The lowest BCUT2D eigenvalue weighted by Crippen LogP contribution is -2.30. The zero-order valence-electron chi connectivity index (χ0n) is 17.2. The standard InChI is InChI=1S/C22H27NO5S/c1-5-23(6-2)29(26,27)20-13-11-19(12-14-20)22(25)28-15-21(24)18-9-7-17(8-10-18)16(3)4/h7-14,16H,5-6,15H2,1-4H3. The van der Waals surface area contributed by atoms with E-state index in [1.807, 2.05) is 12.1 Å². The predicted octanol–water partition coefficient (Wildman–Crippen LogP) is 3.88. The van der Waals surface area contributed by atoms with Gasteiger partial charge < -0.3 is 4.74 Å². The molecule has 0 N–H and O–H groups in total. The first-order chi connectivity index (χ1) is 13.7. The largest absolute Gasteiger partial charge is 0.454 e. The van der Waals surface area contributed by atoms with Gasteiger partial charge in [0.15, 0.2) is 12.4 Å². The Bertz CT molecular complexity index is 944. The Labute approximate surface area is 172 Å². The SMILES string of the molecule is CCN(CC)S(=O)(=O)c1ccc(C(=O)OCC(=O)c2ccc(C(C)C)cc2)cc1. The van der Waals surface area contributed by atoms with Crippen LogP contribution in [0.4, 0.5) is 0 Å². The van der Waals surface area contributed by atoms with Crippen LogP contribution in [0.2, 0.25) is 0 Å². The first-order valence-corrected chi connectivity index (χ1v) is 11.0. The Kier molecular flexibility index (Phi) is 7.70. The summed E-state index contributed by atoms with van der Waals surface area (Å²) in [6.07, 6.45) is 0. The van der Waals surface area contributed by atoms with Gasteiger partial charge in [0, 0.05) is 18.7 Å². The van der Waals surface area contributed by atoms with Gasteiger partial charge in [0.2, 0.25) is 10.0 Å². The summed E-state index contributed by atoms with van der Waals surface area (Å²) in [5.41, 5.74) is 1.78. The molecule has 0 aliphatic carbocycles. The minimum Gasteiger partial charge on any atom is -0.454 e. The number of benzene rings is 2. The number of carbonyl (C=O) groups is 2. The van der Waals surface area contributed by atoms with Gasteiger partial charge in [0.05, 0.1) is 10.5 Å². The molecule has 6 nitrogen and oxygen atoms in total. The number of nitrogens with zero attached hydrogens (tertiary/aromatic N) is 1. The van der Waals surface area contributed by atoms with Crippen LogP contribution in [0.1, 0.15) is 59.9 Å². The molecule has 2 aromatic carbocycles. The number of hydrogen-bond donors (Lipinski definition) is 0. The van der Waals surface area contributed by atoms with Gasteiger partial charge in [-0.3, -0.25) is 4.79 Å². The first kappa shape index (κ1) is 22.8. The van der Waals surface area contributed by atoms with Crippen molar-refractivity contribution in [2.75, 3.05) is 19.7 Å². The van der Waals surface area contributed by atoms with Gasteiger partial charge in [-0.15, -0.1) is 0 Å². The fourth-order valence-corrected chi connectivity index (χ4v) is 4.29. The van der Waals surface area contributed by atoms with E-state index in [9.17, 15) is 18.0 Å². The highest BCUT2D eigenvalue weighted by molar-refractivity contribution is 7.89. The van der Waals surface area contributed by atoms with Crippen LogP contribution in [0.25, 0.3) is 0 Å². The molecule has 156 valence electrons. The molecule has 0 spiro atoms. The van der Waals surface area contributed by atoms with Crippen LogP contribution in [0.3, 0.4) is 0 Å². The number of ketones is 1. The van der Waals surface area contributed by atoms with Gasteiger partial charge in [-0.05, 0) is 35.7 Å². The van der Waals surface area contributed by atoms with Crippen LogP contribution < -0.4 is 0 Å². The second-order valence-corrected chi connectivity index (χ2v) is 8.83. The van der Waals surface area contributed by atoms with Crippen molar-refractivity contribution in [1.82, 2.24) is 4.31 Å². The van der Waals surface area contributed by atoms with E-state index >= 15 is 0 Å². The minimum atomic E-state index is -3.59. The summed E-state index contributed by atoms with van der Waals surface area (Å²) < 4.78 is 31.4. The van der Waals surface area contributed by atoms with E-state index in [0.717, 1.165) is 5.56 Å². The molecule has 0 aliphatic heterocycles. The fraction of sp³-hybridized carbons (Fsp3) is 0.364. The van der Waals surface area contributed by atoms with Crippen LogP contribution >= 0.6 is 0 Å². The lowest BCUT2D eigenvalue weighted by Gasteiger charge is -2.18. The summed E-state index contributed by atoms with van der Waals surface area (Å²) in [5.74, 6) is -0.608. The number of sulfonamides is 1. The summed E-state index contributed by atoms with van der Waals surface area (Å²) in [6.45, 7) is 8.01. The van der Waals surface area contributed by atoms with Crippen molar-refractivity contribution >= 4 is 21.8 Å². The zero-order chi connectivity index (χ0) is 21.6. The van der Waals surface area contributed by atoms with Gasteiger partial charge in [-0.2, -0.15) is 4.31 Å². The molecule has 0 bridgehead atoms. The summed E-state index contributed by atoms with van der Waals surface area (Å²) >= 11 is 0. The highest BCUT2D eigenvalue weighted by atomic mass is 32.2. The molecule has 0 atom stereocenters. The van der Waals surface area contributed by atoms with Crippen molar-refractivity contribution in [3.8, 4) is 0 Å². The normalized spacial score (nSPS) is 11.7. The molecule has 0 heterocycles. The minimum absolute atomic E-state index is 0.110. The topological polar surface area (TPSA) is 80.8 Å². The monoisotopic (exact) mass is 417 g/mol. The smallest absolute Gasteiger partial charge is 0.338 e. The number of ether oxygens (including phenoxy) is 1. The molecule has 0 fully saturated rings. The Morgan fingerprint density at radius 2 is 1.41 bits per heavy atom. The zero-order valence-corrected chi connectivity index (χ0v) is 18.0. The molecule has 0 aromatic heterocycles. The summed E-state index contributed by atoms with van der Waals surface area (Å²) in [7, 11) is -3.59. The van der Waals surface area contributed by atoms with Crippen LogP contribution in [0.5, 0.6) is 0 Å². The van der Waals surface area contributed by atoms with Crippen molar-refractivity contribution in [2.24, 2.45) is 0 Å². The fourth-order valence-electron chi connectivity index (χ4n) is 2.83. The second kappa shape index (κ2) is 9.80. The van der Waals surface area contributed by atoms with Crippen molar-refractivity contribution in [1.29, 1.82) is 0 Å². The predicted molar refractivity (Wildman–Crippen MR) is 112 cm³/mol. The van der Waals surface area contributed by atoms with Crippen molar-refractivity contribution in [3.63, 3.8) is 0 Å². The third kappa shape index (κ3) is 5.52. The molecule has 0 aliphatic rings. The van der Waals surface area contributed by atoms with Crippen LogP contribution in [0, 0.1) is 0 Å². The third-order valence-corrected chi connectivity index (χ3v) is 6.73. The molecule has 2 rings (SSSR count). The lowest BCUT2D eigenvalue weighted by atomic mass is 10.0. The van der Waals surface area contributed by atoms with Crippen LogP contribution in [-0.4, -0.2) is 44.2 Å². The van der Waals surface area contributed by atoms with E-state index in [4.69, 9.17) is 4.74 Å². The van der Waals surface area contributed by atoms with Gasteiger partial charge in [-0.1, -0.05) is 52.0 Å². The average molecular weight is 418 g/mol. The van der Waals surface area contributed by atoms with E-state index in [1.165, 1.54) is 28.6 Å².